The zero-order valence-corrected chi connectivity index (χ0v) is 37.0. The fourth-order valence-corrected chi connectivity index (χ4v) is 10.1. The number of benzene rings is 10. The summed E-state index contributed by atoms with van der Waals surface area (Å²) in [5.74, 6) is 1.46. The lowest BCUT2D eigenvalue weighted by atomic mass is 10.0. The molecule has 0 saturated heterocycles. The van der Waals surface area contributed by atoms with E-state index in [0.29, 0.717) is 5.84 Å². The van der Waals surface area contributed by atoms with Crippen molar-refractivity contribution < 1.29 is 0 Å². The average molecular weight is 870 g/mol. The highest BCUT2D eigenvalue weighted by atomic mass is 15.2. The molecule has 0 spiro atoms. The number of aromatic nitrogens is 2. The summed E-state index contributed by atoms with van der Waals surface area (Å²) in [7, 11) is 0. The Balaban J connectivity index is 1.000. The van der Waals surface area contributed by atoms with Crippen molar-refractivity contribution in [2.75, 3.05) is 0 Å². The maximum Gasteiger partial charge on any atom is 0.159 e. The Morgan fingerprint density at radius 2 is 0.838 bits per heavy atom. The predicted molar refractivity (Wildman–Crippen MR) is 283 cm³/mol. The minimum Gasteiger partial charge on any atom is -0.344 e. The number of amidine groups is 2. The Bertz CT molecular complexity index is 3920. The number of aliphatic imine (C=N–C) groups is 2. The van der Waals surface area contributed by atoms with Gasteiger partial charge in [-0.15, -0.1) is 0 Å². The van der Waals surface area contributed by atoms with Gasteiger partial charge in [-0.25, -0.2) is 9.98 Å². The van der Waals surface area contributed by atoms with Crippen LogP contribution >= 0.6 is 0 Å². The molecule has 0 aliphatic carbocycles. The highest BCUT2D eigenvalue weighted by Crippen LogP contribution is 2.41. The van der Waals surface area contributed by atoms with Crippen molar-refractivity contribution in [2.45, 2.75) is 6.17 Å². The highest BCUT2D eigenvalue weighted by Gasteiger charge is 2.26. The van der Waals surface area contributed by atoms with Crippen molar-refractivity contribution in [3.63, 3.8) is 0 Å². The number of rotatable bonds is 8. The summed E-state index contributed by atoms with van der Waals surface area (Å²) < 4.78 is 4.88. The summed E-state index contributed by atoms with van der Waals surface area (Å²) in [6.07, 6.45) is -0.443. The van der Waals surface area contributed by atoms with Gasteiger partial charge in [-0.05, 0) is 81.9 Å². The second kappa shape index (κ2) is 16.4. The van der Waals surface area contributed by atoms with E-state index in [1.54, 1.807) is 0 Å². The first-order chi connectivity index (χ1) is 33.7. The maximum absolute atomic E-state index is 5.40. The van der Waals surface area contributed by atoms with Crippen molar-refractivity contribution in [2.24, 2.45) is 9.98 Å². The Kier molecular flexibility index (Phi) is 9.50. The van der Waals surface area contributed by atoms with Gasteiger partial charge in [-0.1, -0.05) is 200 Å². The molecular formula is C63H43N5. The molecule has 320 valence electrons. The summed E-state index contributed by atoms with van der Waals surface area (Å²) in [6.45, 7) is 0. The topological polar surface area (TPSA) is 46.6 Å². The fraction of sp³-hybridized carbons (Fsp3) is 0.0159. The van der Waals surface area contributed by atoms with Crippen molar-refractivity contribution in [3.8, 4) is 44.8 Å². The first-order valence-electron chi connectivity index (χ1n) is 23.2. The molecule has 1 aliphatic rings. The van der Waals surface area contributed by atoms with Gasteiger partial charge in [0.15, 0.2) is 5.84 Å². The molecule has 68 heavy (non-hydrogen) atoms. The van der Waals surface area contributed by atoms with Crippen LogP contribution in [0.25, 0.3) is 88.4 Å². The van der Waals surface area contributed by atoms with Gasteiger partial charge < -0.3 is 14.5 Å². The summed E-state index contributed by atoms with van der Waals surface area (Å²) in [5.41, 5.74) is 16.7. The second-order valence-electron chi connectivity index (χ2n) is 17.4. The van der Waals surface area contributed by atoms with Crippen LogP contribution < -0.4 is 5.32 Å². The molecule has 0 amide bonds. The number of fused-ring (bicyclic) bond motifs is 6. The van der Waals surface area contributed by atoms with Gasteiger partial charge in [0, 0.05) is 43.9 Å². The lowest BCUT2D eigenvalue weighted by Crippen LogP contribution is -2.34. The van der Waals surface area contributed by atoms with Crippen molar-refractivity contribution in [1.82, 2.24) is 14.5 Å². The van der Waals surface area contributed by atoms with E-state index in [1.165, 1.54) is 43.8 Å². The Morgan fingerprint density at radius 1 is 0.324 bits per heavy atom. The lowest BCUT2D eigenvalue weighted by Gasteiger charge is -2.26. The van der Waals surface area contributed by atoms with E-state index in [2.05, 4.69) is 245 Å². The second-order valence-corrected chi connectivity index (χ2v) is 17.4. The fourth-order valence-electron chi connectivity index (χ4n) is 10.1. The molecule has 0 saturated carbocycles. The standard InChI is InChI=1S/C63H43N5/c1-5-18-42(19-6-1)46-26-17-27-49(38-46)62-64-61(45-24-11-4-12-25-45)65-63(66-62)54-29-14-16-31-57(54)68-56-30-15-13-28-51(56)52-36-34-50(41-60(52)68)67-58-37-33-47(43-20-7-2-8-21-43)39-55(58)53-35-32-48(40-59(53)67)44-22-9-3-10-23-44/h1-41,63H,(H,64,65,66). The minimum absolute atomic E-state index is 0.443. The molecule has 1 atom stereocenters. The van der Waals surface area contributed by atoms with E-state index in [0.717, 1.165) is 67.1 Å². The van der Waals surface area contributed by atoms with Gasteiger partial charge in [0.25, 0.3) is 0 Å². The van der Waals surface area contributed by atoms with E-state index in [-0.39, 0.29) is 0 Å². The number of hydrogen-bond acceptors (Lipinski definition) is 3. The molecule has 5 nitrogen and oxygen atoms in total. The van der Waals surface area contributed by atoms with Crippen LogP contribution in [0, 0.1) is 0 Å². The van der Waals surface area contributed by atoms with E-state index in [9.17, 15) is 0 Å². The van der Waals surface area contributed by atoms with Gasteiger partial charge in [-0.3, -0.25) is 0 Å². The van der Waals surface area contributed by atoms with Gasteiger partial charge in [0.1, 0.15) is 12.0 Å². The Morgan fingerprint density at radius 3 is 1.57 bits per heavy atom. The molecule has 1 N–H and O–H groups in total. The van der Waals surface area contributed by atoms with Crippen molar-refractivity contribution in [3.05, 3.63) is 265 Å². The van der Waals surface area contributed by atoms with Gasteiger partial charge >= 0.3 is 0 Å². The molecule has 1 aliphatic heterocycles. The summed E-state index contributed by atoms with van der Waals surface area (Å²) >= 11 is 0. The third kappa shape index (κ3) is 6.79. The normalized spacial score (nSPS) is 13.7. The van der Waals surface area contributed by atoms with Crippen LogP contribution in [-0.2, 0) is 0 Å². The molecule has 2 aromatic heterocycles. The third-order valence-electron chi connectivity index (χ3n) is 13.4. The van der Waals surface area contributed by atoms with Crippen LogP contribution in [-0.4, -0.2) is 20.8 Å². The summed E-state index contributed by atoms with van der Waals surface area (Å²) in [5, 5.41) is 8.62. The zero-order valence-electron chi connectivity index (χ0n) is 37.0. The monoisotopic (exact) mass is 869 g/mol. The number of nitrogens with zero attached hydrogens (tertiary/aromatic N) is 4. The van der Waals surface area contributed by atoms with Gasteiger partial charge in [0.2, 0.25) is 0 Å². The number of nitrogens with one attached hydrogen (secondary N) is 1. The SMILES string of the molecule is c1ccc(C2=NC(c3ccccc3-n3c4ccccc4c4ccc(-n5c6ccc(-c7ccccc7)cc6c6ccc(-c7ccccc7)cc65)cc43)NC(c3cccc(-c4ccccc4)c3)=N2)cc1. The van der Waals surface area contributed by atoms with Crippen LogP contribution in [0.2, 0.25) is 0 Å². The molecule has 13 rings (SSSR count). The number of para-hydroxylation sites is 2. The van der Waals surface area contributed by atoms with Crippen molar-refractivity contribution >= 4 is 55.3 Å². The Hall–Kier alpha value is -9.06. The lowest BCUT2D eigenvalue weighted by molar-refractivity contribution is 0.670. The minimum atomic E-state index is -0.443. The first kappa shape index (κ1) is 39.3. The van der Waals surface area contributed by atoms with Crippen LogP contribution in [0.5, 0.6) is 0 Å². The van der Waals surface area contributed by atoms with Crippen LogP contribution in [0.1, 0.15) is 22.9 Å². The molecule has 12 aromatic rings. The molecule has 3 heterocycles. The molecule has 0 fully saturated rings. The van der Waals surface area contributed by atoms with Gasteiger partial charge in [-0.2, -0.15) is 0 Å². The largest absolute Gasteiger partial charge is 0.344 e. The van der Waals surface area contributed by atoms with Crippen LogP contribution in [0.3, 0.4) is 0 Å². The molecule has 1 unspecified atom stereocenters. The summed E-state index contributed by atoms with van der Waals surface area (Å²) in [4.78, 5) is 10.6. The molecule has 10 aromatic carbocycles. The maximum atomic E-state index is 5.40. The quantitative estimate of drug-likeness (QED) is 0.162. The van der Waals surface area contributed by atoms with E-state index in [1.807, 2.05) is 18.2 Å². The van der Waals surface area contributed by atoms with E-state index < -0.39 is 6.17 Å². The first-order valence-corrected chi connectivity index (χ1v) is 23.2. The van der Waals surface area contributed by atoms with E-state index in [4.69, 9.17) is 9.98 Å². The molecule has 0 radical (unpaired) electrons. The smallest absolute Gasteiger partial charge is 0.159 e. The van der Waals surface area contributed by atoms with Crippen LogP contribution in [0.4, 0.5) is 0 Å². The van der Waals surface area contributed by atoms with E-state index >= 15 is 0 Å². The zero-order chi connectivity index (χ0) is 45.0. The van der Waals surface area contributed by atoms with Gasteiger partial charge in [0.05, 0.1) is 27.8 Å². The average Bonchev–Trinajstić information content (AvgIpc) is 3.93. The molecule has 0 bridgehead atoms. The molecule has 5 heteroatoms. The highest BCUT2D eigenvalue weighted by molar-refractivity contribution is 6.15. The predicted octanol–water partition coefficient (Wildman–Crippen LogP) is 15.4. The number of hydrogen-bond donors (Lipinski definition) is 1. The Labute approximate surface area is 394 Å². The third-order valence-corrected chi connectivity index (χ3v) is 13.4. The van der Waals surface area contributed by atoms with Crippen molar-refractivity contribution in [1.29, 1.82) is 0 Å². The molecular weight excluding hydrogens is 827 g/mol. The van der Waals surface area contributed by atoms with Crippen LogP contribution in [0.15, 0.2) is 259 Å². The summed E-state index contributed by atoms with van der Waals surface area (Å²) in [6, 6.07) is 89.0.